The van der Waals surface area contributed by atoms with Crippen LogP contribution < -0.4 is 5.56 Å². The Morgan fingerprint density at radius 2 is 1.73 bits per heavy atom. The first-order valence-corrected chi connectivity index (χ1v) is 8.56. The summed E-state index contributed by atoms with van der Waals surface area (Å²) in [6.07, 6.45) is 1.47. The fourth-order valence-corrected chi connectivity index (χ4v) is 3.30. The summed E-state index contributed by atoms with van der Waals surface area (Å²) < 4.78 is 1.38. The molecule has 0 bridgehead atoms. The van der Waals surface area contributed by atoms with E-state index in [1.54, 1.807) is 24.3 Å². The fraction of sp³-hybridized carbons (Fsp3) is 0.0526. The molecule has 2 N–H and O–H groups in total. The maximum atomic E-state index is 12.9. The SMILES string of the molecule is Cc1[nH]n2c(=O)c(-c3ccc(Cl)cc3O)cnc2c1-c1ccc(Cl)cc1. The summed E-state index contributed by atoms with van der Waals surface area (Å²) in [6.45, 7) is 1.87. The van der Waals surface area contributed by atoms with E-state index < -0.39 is 0 Å². The van der Waals surface area contributed by atoms with Crippen molar-refractivity contribution in [2.75, 3.05) is 0 Å². The predicted molar refractivity (Wildman–Crippen MR) is 103 cm³/mol. The highest BCUT2D eigenvalue weighted by atomic mass is 35.5. The molecule has 0 radical (unpaired) electrons. The molecule has 0 atom stereocenters. The zero-order valence-electron chi connectivity index (χ0n) is 13.6. The Balaban J connectivity index is 1.95. The lowest BCUT2D eigenvalue weighted by molar-refractivity contribution is 0.477. The topological polar surface area (TPSA) is 70.4 Å². The number of phenols is 1. The van der Waals surface area contributed by atoms with E-state index in [-0.39, 0.29) is 16.9 Å². The van der Waals surface area contributed by atoms with E-state index in [0.29, 0.717) is 21.3 Å². The minimum atomic E-state index is -0.309. The smallest absolute Gasteiger partial charge is 0.280 e. The van der Waals surface area contributed by atoms with E-state index in [9.17, 15) is 9.90 Å². The summed E-state index contributed by atoms with van der Waals surface area (Å²) >= 11 is 11.8. The number of H-pyrrole nitrogens is 1. The number of aromatic hydroxyl groups is 1. The zero-order chi connectivity index (χ0) is 18.4. The number of hydrogen-bond acceptors (Lipinski definition) is 3. The van der Waals surface area contributed by atoms with Crippen LogP contribution in [0.5, 0.6) is 5.75 Å². The molecule has 0 saturated heterocycles. The van der Waals surface area contributed by atoms with Crippen molar-refractivity contribution >= 4 is 28.8 Å². The van der Waals surface area contributed by atoms with Gasteiger partial charge in [-0.3, -0.25) is 9.89 Å². The summed E-state index contributed by atoms with van der Waals surface area (Å²) in [5, 5.41) is 14.2. The van der Waals surface area contributed by atoms with Crippen LogP contribution in [-0.4, -0.2) is 19.7 Å². The lowest BCUT2D eigenvalue weighted by Gasteiger charge is -2.05. The molecule has 0 amide bonds. The highest BCUT2D eigenvalue weighted by Gasteiger charge is 2.17. The Morgan fingerprint density at radius 3 is 2.42 bits per heavy atom. The van der Waals surface area contributed by atoms with Crippen molar-refractivity contribution in [3.63, 3.8) is 0 Å². The predicted octanol–water partition coefficient (Wildman–Crippen LogP) is 4.68. The Morgan fingerprint density at radius 1 is 1.04 bits per heavy atom. The number of hydrogen-bond donors (Lipinski definition) is 2. The summed E-state index contributed by atoms with van der Waals surface area (Å²) in [5.74, 6) is -0.0717. The number of aryl methyl sites for hydroxylation is 1. The maximum Gasteiger partial charge on any atom is 0.280 e. The molecule has 0 fully saturated rings. The molecule has 26 heavy (non-hydrogen) atoms. The molecule has 0 aliphatic heterocycles. The van der Waals surface area contributed by atoms with E-state index in [1.807, 2.05) is 19.1 Å². The van der Waals surface area contributed by atoms with Crippen LogP contribution in [0.25, 0.3) is 27.9 Å². The first kappa shape index (κ1) is 16.7. The van der Waals surface area contributed by atoms with Crippen LogP contribution in [0.1, 0.15) is 5.69 Å². The van der Waals surface area contributed by atoms with Gasteiger partial charge in [0.05, 0.1) is 5.56 Å². The minimum absolute atomic E-state index is 0.0717. The monoisotopic (exact) mass is 385 g/mol. The molecule has 0 unspecified atom stereocenters. The van der Waals surface area contributed by atoms with Crippen LogP contribution in [0, 0.1) is 6.92 Å². The normalized spacial score (nSPS) is 11.2. The van der Waals surface area contributed by atoms with Crippen molar-refractivity contribution in [3.05, 3.63) is 74.8 Å². The molecule has 130 valence electrons. The molecular formula is C19H13Cl2N3O2. The molecule has 0 aliphatic carbocycles. The Labute approximate surface area is 158 Å². The second-order valence-corrected chi connectivity index (χ2v) is 6.79. The molecule has 0 spiro atoms. The highest BCUT2D eigenvalue weighted by molar-refractivity contribution is 6.31. The van der Waals surface area contributed by atoms with E-state index in [0.717, 1.165) is 16.8 Å². The first-order chi connectivity index (χ1) is 12.5. The van der Waals surface area contributed by atoms with Gasteiger partial charge in [-0.25, -0.2) is 9.50 Å². The van der Waals surface area contributed by atoms with Crippen LogP contribution in [-0.2, 0) is 0 Å². The number of nitrogens with one attached hydrogen (secondary N) is 1. The van der Waals surface area contributed by atoms with E-state index >= 15 is 0 Å². The van der Waals surface area contributed by atoms with Gasteiger partial charge < -0.3 is 5.11 Å². The minimum Gasteiger partial charge on any atom is -0.507 e. The third kappa shape index (κ3) is 2.66. The van der Waals surface area contributed by atoms with Crippen LogP contribution in [0.15, 0.2) is 53.5 Å². The Bertz CT molecular complexity index is 1190. The summed E-state index contributed by atoms with van der Waals surface area (Å²) in [6, 6.07) is 11.9. The van der Waals surface area contributed by atoms with Crippen molar-refractivity contribution in [2.24, 2.45) is 0 Å². The molecular weight excluding hydrogens is 373 g/mol. The van der Waals surface area contributed by atoms with Crippen LogP contribution >= 0.6 is 23.2 Å². The van der Waals surface area contributed by atoms with Gasteiger partial charge in [-0.15, -0.1) is 0 Å². The second-order valence-electron chi connectivity index (χ2n) is 5.92. The maximum absolute atomic E-state index is 12.9. The number of aromatic amines is 1. The summed E-state index contributed by atoms with van der Waals surface area (Å²) in [5.41, 5.74) is 3.38. The van der Waals surface area contributed by atoms with Gasteiger partial charge in [0.2, 0.25) is 0 Å². The van der Waals surface area contributed by atoms with Crippen LogP contribution in [0.4, 0.5) is 0 Å². The molecule has 0 aliphatic rings. The van der Waals surface area contributed by atoms with Crippen molar-refractivity contribution < 1.29 is 5.11 Å². The Kier molecular flexibility index (Phi) is 3.98. The number of nitrogens with zero attached hydrogens (tertiary/aromatic N) is 2. The van der Waals surface area contributed by atoms with Gasteiger partial charge in [-0.1, -0.05) is 35.3 Å². The fourth-order valence-electron chi connectivity index (χ4n) is 3.01. The van der Waals surface area contributed by atoms with Crippen molar-refractivity contribution in [3.8, 4) is 28.0 Å². The third-order valence-electron chi connectivity index (χ3n) is 4.22. The molecule has 4 rings (SSSR count). The molecule has 0 saturated carbocycles. The number of fused-ring (bicyclic) bond motifs is 1. The van der Waals surface area contributed by atoms with Gasteiger partial charge in [0.25, 0.3) is 5.56 Å². The van der Waals surface area contributed by atoms with E-state index in [2.05, 4.69) is 10.1 Å². The lowest BCUT2D eigenvalue weighted by Crippen LogP contribution is -2.17. The van der Waals surface area contributed by atoms with Crippen molar-refractivity contribution in [1.29, 1.82) is 0 Å². The van der Waals surface area contributed by atoms with Crippen molar-refractivity contribution in [2.45, 2.75) is 6.92 Å². The summed E-state index contributed by atoms with van der Waals surface area (Å²) in [4.78, 5) is 17.4. The largest absolute Gasteiger partial charge is 0.507 e. The third-order valence-corrected chi connectivity index (χ3v) is 4.71. The number of aromatic nitrogens is 3. The van der Waals surface area contributed by atoms with E-state index in [1.165, 1.54) is 16.8 Å². The first-order valence-electron chi connectivity index (χ1n) is 7.81. The van der Waals surface area contributed by atoms with Gasteiger partial charge in [-0.05, 0) is 42.8 Å². The molecule has 4 aromatic rings. The van der Waals surface area contributed by atoms with Gasteiger partial charge in [-0.2, -0.15) is 0 Å². The molecule has 7 heteroatoms. The molecule has 5 nitrogen and oxygen atoms in total. The number of rotatable bonds is 2. The average molecular weight is 386 g/mol. The molecule has 2 aromatic carbocycles. The Hall–Kier alpha value is -2.76. The molecule has 2 aromatic heterocycles. The van der Waals surface area contributed by atoms with E-state index in [4.69, 9.17) is 23.2 Å². The van der Waals surface area contributed by atoms with Crippen LogP contribution in [0.2, 0.25) is 10.0 Å². The summed E-state index contributed by atoms with van der Waals surface area (Å²) in [7, 11) is 0. The zero-order valence-corrected chi connectivity index (χ0v) is 15.1. The van der Waals surface area contributed by atoms with Gasteiger partial charge >= 0.3 is 0 Å². The lowest BCUT2D eigenvalue weighted by atomic mass is 10.1. The average Bonchev–Trinajstić information content (AvgIpc) is 2.94. The van der Waals surface area contributed by atoms with Gasteiger partial charge in [0, 0.05) is 33.1 Å². The van der Waals surface area contributed by atoms with Crippen LogP contribution in [0.3, 0.4) is 0 Å². The number of halogens is 2. The second kappa shape index (κ2) is 6.20. The number of benzene rings is 2. The highest BCUT2D eigenvalue weighted by Crippen LogP contribution is 2.31. The van der Waals surface area contributed by atoms with Crippen molar-refractivity contribution in [1.82, 2.24) is 14.6 Å². The standard InChI is InChI=1S/C19H13Cl2N3O2/c1-10-17(11-2-4-12(20)5-3-11)18-22-9-15(19(26)24(18)23-10)14-7-6-13(21)8-16(14)25/h2-9,23,25H,1H3. The number of phenolic OH excluding ortho intramolecular Hbond substituents is 1. The van der Waals surface area contributed by atoms with Gasteiger partial charge in [0.1, 0.15) is 5.75 Å². The van der Waals surface area contributed by atoms with Gasteiger partial charge in [0.15, 0.2) is 5.65 Å². The quantitative estimate of drug-likeness (QED) is 0.526. The molecule has 2 heterocycles.